The zero-order valence-corrected chi connectivity index (χ0v) is 12.9. The summed E-state index contributed by atoms with van der Waals surface area (Å²) in [6.45, 7) is 3.41. The van der Waals surface area contributed by atoms with Gasteiger partial charge in [-0.15, -0.1) is 24.0 Å². The van der Waals surface area contributed by atoms with Gasteiger partial charge >= 0.3 is 5.97 Å². The maximum Gasteiger partial charge on any atom is 0.304 e. The third kappa shape index (κ3) is 7.41. The molecule has 108 valence electrons. The molecule has 0 fully saturated rings. The van der Waals surface area contributed by atoms with Crippen LogP contribution in [0.1, 0.15) is 29.3 Å². The Morgan fingerprint density at radius 3 is 2.42 bits per heavy atom. The monoisotopic (exact) mass is 305 g/mol. The number of carboxylic acids is 1. The van der Waals surface area contributed by atoms with Gasteiger partial charge in [0.05, 0.1) is 11.8 Å². The highest BCUT2D eigenvalue weighted by Gasteiger charge is 2.09. The molecule has 1 N–H and O–H groups in total. The van der Waals surface area contributed by atoms with E-state index in [0.29, 0.717) is 6.54 Å². The van der Waals surface area contributed by atoms with E-state index in [1.807, 2.05) is 31.0 Å². The molecular formula is C14H21Cl2NO2. The summed E-state index contributed by atoms with van der Waals surface area (Å²) in [6.07, 6.45) is 0.995. The summed E-state index contributed by atoms with van der Waals surface area (Å²) in [7, 11) is 1.92. The molecule has 0 aliphatic heterocycles. The van der Waals surface area contributed by atoms with Gasteiger partial charge in [-0.25, -0.2) is 0 Å². The van der Waals surface area contributed by atoms with Crippen molar-refractivity contribution in [2.75, 3.05) is 20.1 Å². The fourth-order valence-corrected chi connectivity index (χ4v) is 1.92. The Hall–Kier alpha value is -0.770. The average Bonchev–Trinajstić information content (AvgIpc) is 2.34. The number of rotatable bonds is 7. The number of aryl methyl sites for hydroxylation is 1. The average molecular weight is 306 g/mol. The summed E-state index contributed by atoms with van der Waals surface area (Å²) < 4.78 is 0. The predicted molar refractivity (Wildman–Crippen MR) is 81.4 cm³/mol. The number of hydrogen-bond donors (Lipinski definition) is 1. The molecule has 1 aromatic carbocycles. The van der Waals surface area contributed by atoms with Crippen molar-refractivity contribution in [3.8, 4) is 0 Å². The number of alkyl halides is 1. The van der Waals surface area contributed by atoms with Gasteiger partial charge in [-0.3, -0.25) is 4.79 Å². The molecule has 0 amide bonds. The highest BCUT2D eigenvalue weighted by molar-refractivity contribution is 6.20. The molecule has 0 aromatic heterocycles. The summed E-state index contributed by atoms with van der Waals surface area (Å²) in [5, 5.41) is 8.58. The number of carboxylic acid groups (broad SMARTS) is 1. The molecule has 1 atom stereocenters. The van der Waals surface area contributed by atoms with Gasteiger partial charge in [-0.1, -0.05) is 29.8 Å². The Morgan fingerprint density at radius 1 is 1.32 bits per heavy atom. The third-order valence-corrected chi connectivity index (χ3v) is 3.38. The number of nitrogens with zero attached hydrogens (tertiary/aromatic N) is 1. The van der Waals surface area contributed by atoms with Crippen molar-refractivity contribution in [2.24, 2.45) is 0 Å². The molecule has 0 saturated carbocycles. The molecule has 0 radical (unpaired) electrons. The topological polar surface area (TPSA) is 40.5 Å². The Morgan fingerprint density at radius 2 is 1.89 bits per heavy atom. The fraction of sp³-hybridized carbons (Fsp3) is 0.500. The van der Waals surface area contributed by atoms with Crippen LogP contribution >= 0.6 is 24.0 Å². The zero-order chi connectivity index (χ0) is 13.5. The van der Waals surface area contributed by atoms with Crippen LogP contribution < -0.4 is 0 Å². The minimum atomic E-state index is -0.761. The fourth-order valence-electron chi connectivity index (χ4n) is 1.67. The molecule has 3 nitrogen and oxygen atoms in total. The summed E-state index contributed by atoms with van der Waals surface area (Å²) in [6, 6.07) is 8.20. The van der Waals surface area contributed by atoms with E-state index in [-0.39, 0.29) is 24.2 Å². The van der Waals surface area contributed by atoms with E-state index in [4.69, 9.17) is 16.7 Å². The molecule has 0 spiro atoms. The van der Waals surface area contributed by atoms with E-state index in [1.165, 1.54) is 5.56 Å². The van der Waals surface area contributed by atoms with Gasteiger partial charge in [-0.2, -0.15) is 0 Å². The van der Waals surface area contributed by atoms with Crippen molar-refractivity contribution in [1.29, 1.82) is 0 Å². The highest BCUT2D eigenvalue weighted by atomic mass is 35.5. The Kier molecular flexibility index (Phi) is 8.81. The lowest BCUT2D eigenvalue weighted by Gasteiger charge is -2.17. The zero-order valence-electron chi connectivity index (χ0n) is 11.3. The maximum absolute atomic E-state index is 10.4. The van der Waals surface area contributed by atoms with Crippen molar-refractivity contribution < 1.29 is 9.90 Å². The van der Waals surface area contributed by atoms with Crippen LogP contribution in [0.3, 0.4) is 0 Å². The van der Waals surface area contributed by atoms with Crippen LogP contribution in [0, 0.1) is 6.92 Å². The minimum Gasteiger partial charge on any atom is -0.481 e. The number of halogens is 2. The third-order valence-electron chi connectivity index (χ3n) is 2.91. The molecule has 0 heterocycles. The SMILES string of the molecule is Cc1ccc(C(Cl)CCN(C)CCC(=O)O)cc1.Cl. The Balaban J connectivity index is 0.00000324. The Bertz CT molecular complexity index is 382. The summed E-state index contributed by atoms with van der Waals surface area (Å²) in [5.41, 5.74) is 2.34. The smallest absolute Gasteiger partial charge is 0.304 e. The van der Waals surface area contributed by atoms with E-state index < -0.39 is 5.97 Å². The van der Waals surface area contributed by atoms with Gasteiger partial charge in [0, 0.05) is 6.54 Å². The standard InChI is InChI=1S/C14H20ClNO2.ClH/c1-11-3-5-12(6-4-11)13(15)7-9-16(2)10-8-14(17)18;/h3-6,13H,7-10H2,1-2H3,(H,17,18);1H. The number of benzene rings is 1. The molecule has 1 unspecified atom stereocenters. The molecular weight excluding hydrogens is 285 g/mol. The molecule has 1 aromatic rings. The van der Waals surface area contributed by atoms with Gasteiger partial charge in [0.25, 0.3) is 0 Å². The summed E-state index contributed by atoms with van der Waals surface area (Å²) in [4.78, 5) is 12.4. The van der Waals surface area contributed by atoms with Crippen LogP contribution in [-0.2, 0) is 4.79 Å². The van der Waals surface area contributed by atoms with Crippen molar-refractivity contribution in [3.63, 3.8) is 0 Å². The lowest BCUT2D eigenvalue weighted by atomic mass is 10.1. The van der Waals surface area contributed by atoms with Crippen LogP contribution in [0.25, 0.3) is 0 Å². The van der Waals surface area contributed by atoms with E-state index in [1.54, 1.807) is 0 Å². The van der Waals surface area contributed by atoms with E-state index in [2.05, 4.69) is 12.1 Å². The normalized spacial score (nSPS) is 12.0. The lowest BCUT2D eigenvalue weighted by molar-refractivity contribution is -0.137. The van der Waals surface area contributed by atoms with Crippen LogP contribution in [0.2, 0.25) is 0 Å². The first kappa shape index (κ1) is 18.2. The quantitative estimate of drug-likeness (QED) is 0.784. The van der Waals surface area contributed by atoms with Gasteiger partial charge in [-0.05, 0) is 32.5 Å². The highest BCUT2D eigenvalue weighted by Crippen LogP contribution is 2.24. The van der Waals surface area contributed by atoms with E-state index in [9.17, 15) is 4.79 Å². The van der Waals surface area contributed by atoms with Gasteiger partial charge in [0.1, 0.15) is 0 Å². The van der Waals surface area contributed by atoms with Crippen molar-refractivity contribution >= 4 is 30.0 Å². The molecule has 5 heteroatoms. The second kappa shape index (κ2) is 9.18. The Labute approximate surface area is 126 Å². The van der Waals surface area contributed by atoms with Gasteiger partial charge in [0.15, 0.2) is 0 Å². The van der Waals surface area contributed by atoms with Crippen LogP contribution in [-0.4, -0.2) is 36.1 Å². The second-order valence-electron chi connectivity index (χ2n) is 4.61. The lowest BCUT2D eigenvalue weighted by Crippen LogP contribution is -2.23. The van der Waals surface area contributed by atoms with Crippen LogP contribution in [0.15, 0.2) is 24.3 Å². The first-order valence-corrected chi connectivity index (χ1v) is 6.53. The van der Waals surface area contributed by atoms with E-state index in [0.717, 1.165) is 18.5 Å². The maximum atomic E-state index is 10.4. The largest absolute Gasteiger partial charge is 0.481 e. The van der Waals surface area contributed by atoms with Gasteiger partial charge < -0.3 is 10.0 Å². The summed E-state index contributed by atoms with van der Waals surface area (Å²) >= 11 is 6.32. The van der Waals surface area contributed by atoms with Crippen LogP contribution in [0.5, 0.6) is 0 Å². The van der Waals surface area contributed by atoms with Gasteiger partial charge in [0.2, 0.25) is 0 Å². The molecule has 19 heavy (non-hydrogen) atoms. The number of carbonyl (C=O) groups is 1. The first-order valence-electron chi connectivity index (χ1n) is 6.10. The van der Waals surface area contributed by atoms with Crippen molar-refractivity contribution in [2.45, 2.75) is 25.1 Å². The molecule has 1 rings (SSSR count). The number of aliphatic carboxylic acids is 1. The molecule has 0 bridgehead atoms. The molecule has 0 saturated heterocycles. The predicted octanol–water partition coefficient (Wildman–Crippen LogP) is 3.49. The minimum absolute atomic E-state index is 0. The first-order chi connectivity index (χ1) is 8.49. The second-order valence-corrected chi connectivity index (χ2v) is 5.14. The summed E-state index contributed by atoms with van der Waals surface area (Å²) in [5.74, 6) is -0.761. The molecule has 0 aliphatic rings. The van der Waals surface area contributed by atoms with E-state index >= 15 is 0 Å². The van der Waals surface area contributed by atoms with Crippen molar-refractivity contribution in [3.05, 3.63) is 35.4 Å². The van der Waals surface area contributed by atoms with Crippen LogP contribution in [0.4, 0.5) is 0 Å². The van der Waals surface area contributed by atoms with Crippen molar-refractivity contribution in [1.82, 2.24) is 4.90 Å². The number of hydrogen-bond acceptors (Lipinski definition) is 2. The molecule has 0 aliphatic carbocycles.